The fourth-order valence-corrected chi connectivity index (χ4v) is 8.30. The number of benzene rings is 3. The summed E-state index contributed by atoms with van der Waals surface area (Å²) in [4.78, 5) is 20.3. The number of aromatic amines is 1. The molecule has 5 aromatic rings. The van der Waals surface area contributed by atoms with Gasteiger partial charge in [0, 0.05) is 48.7 Å². The van der Waals surface area contributed by atoms with Crippen LogP contribution in [0.1, 0.15) is 21.9 Å². The summed E-state index contributed by atoms with van der Waals surface area (Å²) >= 11 is 1.47. The van der Waals surface area contributed by atoms with Crippen molar-refractivity contribution in [2.24, 2.45) is 5.92 Å². The predicted molar refractivity (Wildman–Crippen MR) is 165 cm³/mol. The van der Waals surface area contributed by atoms with Crippen molar-refractivity contribution in [2.75, 3.05) is 28.3 Å². The van der Waals surface area contributed by atoms with E-state index in [2.05, 4.69) is 11.1 Å². The molecule has 9 heteroatoms. The Balaban J connectivity index is 1.52. The molecule has 1 aliphatic heterocycles. The van der Waals surface area contributed by atoms with Gasteiger partial charge in [0.05, 0.1) is 30.6 Å². The van der Waals surface area contributed by atoms with Gasteiger partial charge in [-0.1, -0.05) is 36.4 Å². The van der Waals surface area contributed by atoms with E-state index in [0.717, 1.165) is 26.9 Å². The fourth-order valence-electron chi connectivity index (χ4n) is 7.07. The third kappa shape index (κ3) is 3.71. The lowest BCUT2D eigenvalue weighted by molar-refractivity contribution is -0.155. The number of aliphatic hydroxyl groups excluding tert-OH is 1. The number of amides is 1. The summed E-state index contributed by atoms with van der Waals surface area (Å²) < 4.78 is 18.3. The smallest absolute Gasteiger partial charge is 0.228 e. The van der Waals surface area contributed by atoms with Crippen molar-refractivity contribution >= 4 is 28.1 Å². The molecule has 3 aromatic carbocycles. The van der Waals surface area contributed by atoms with E-state index >= 15 is 0 Å². The number of rotatable bonds is 6. The lowest BCUT2D eigenvalue weighted by Gasteiger charge is -2.39. The SMILES string of the molecule is COc1cc(OC)c2c(c1)O[C@@]1(c3ccc(-c4ccc5[nH]ccc5c4)s3)[C@H](c3ccccc3)[C@@H](C(=O)N(C)C)[C@@H](O)[C@@]21O. The first kappa shape index (κ1) is 27.5. The zero-order valence-electron chi connectivity index (χ0n) is 24.2. The van der Waals surface area contributed by atoms with Crippen LogP contribution >= 0.6 is 11.3 Å². The van der Waals surface area contributed by atoms with Gasteiger partial charge < -0.3 is 34.3 Å². The topological polar surface area (TPSA) is 104 Å². The predicted octanol–water partition coefficient (Wildman–Crippen LogP) is 5.25. The first-order valence-electron chi connectivity index (χ1n) is 14.0. The second kappa shape index (κ2) is 9.87. The van der Waals surface area contributed by atoms with E-state index in [9.17, 15) is 15.0 Å². The van der Waals surface area contributed by atoms with Crippen LogP contribution in [-0.4, -0.2) is 60.4 Å². The van der Waals surface area contributed by atoms with E-state index in [1.807, 2.05) is 66.9 Å². The van der Waals surface area contributed by atoms with E-state index in [4.69, 9.17) is 14.2 Å². The summed E-state index contributed by atoms with van der Waals surface area (Å²) in [5.41, 5.74) is -0.524. The van der Waals surface area contributed by atoms with Gasteiger partial charge in [-0.2, -0.15) is 0 Å². The minimum absolute atomic E-state index is 0.293. The molecule has 0 spiro atoms. The molecule has 8 nitrogen and oxygen atoms in total. The summed E-state index contributed by atoms with van der Waals surface area (Å²) in [7, 11) is 6.35. The van der Waals surface area contributed by atoms with Crippen LogP contribution in [0.3, 0.4) is 0 Å². The molecule has 0 bridgehead atoms. The van der Waals surface area contributed by atoms with Gasteiger partial charge in [-0.15, -0.1) is 11.3 Å². The highest BCUT2D eigenvalue weighted by atomic mass is 32.1. The normalized spacial score (nSPS) is 25.7. The van der Waals surface area contributed by atoms with E-state index in [-0.39, 0.29) is 5.91 Å². The maximum atomic E-state index is 13.9. The van der Waals surface area contributed by atoms with Crippen LogP contribution < -0.4 is 14.2 Å². The van der Waals surface area contributed by atoms with E-state index in [1.165, 1.54) is 23.3 Å². The number of fused-ring (bicyclic) bond motifs is 4. The van der Waals surface area contributed by atoms with E-state index in [0.29, 0.717) is 27.7 Å². The molecule has 1 amide bonds. The number of methoxy groups -OCH3 is 2. The Labute approximate surface area is 253 Å². The molecule has 220 valence electrons. The number of hydrogen-bond donors (Lipinski definition) is 3. The third-order valence-electron chi connectivity index (χ3n) is 8.97. The summed E-state index contributed by atoms with van der Waals surface area (Å²) in [5, 5.41) is 26.4. The molecule has 1 saturated carbocycles. The summed E-state index contributed by atoms with van der Waals surface area (Å²) in [6.45, 7) is 0. The van der Waals surface area contributed by atoms with Crippen LogP contribution in [0.2, 0.25) is 0 Å². The molecule has 3 N–H and O–H groups in total. The Bertz CT molecular complexity index is 1850. The zero-order valence-corrected chi connectivity index (χ0v) is 25.0. The van der Waals surface area contributed by atoms with Crippen molar-refractivity contribution in [2.45, 2.75) is 23.2 Å². The molecule has 2 aliphatic rings. The lowest BCUT2D eigenvalue weighted by atomic mass is 9.73. The van der Waals surface area contributed by atoms with Gasteiger partial charge in [-0.3, -0.25) is 4.79 Å². The number of ether oxygens (including phenoxy) is 3. The second-order valence-electron chi connectivity index (χ2n) is 11.3. The van der Waals surface area contributed by atoms with Gasteiger partial charge >= 0.3 is 0 Å². The zero-order chi connectivity index (χ0) is 30.1. The monoisotopic (exact) mass is 596 g/mol. The van der Waals surface area contributed by atoms with Gasteiger partial charge in [0.25, 0.3) is 0 Å². The molecule has 43 heavy (non-hydrogen) atoms. The van der Waals surface area contributed by atoms with Crippen LogP contribution in [0.25, 0.3) is 21.3 Å². The number of thiophene rings is 1. The van der Waals surface area contributed by atoms with Gasteiger partial charge in [-0.25, -0.2) is 0 Å². The highest BCUT2D eigenvalue weighted by molar-refractivity contribution is 7.15. The Morgan fingerprint density at radius 2 is 1.79 bits per heavy atom. The maximum Gasteiger partial charge on any atom is 0.228 e. The molecule has 2 aromatic heterocycles. The molecule has 0 radical (unpaired) electrons. The first-order valence-corrected chi connectivity index (χ1v) is 14.9. The molecule has 0 saturated heterocycles. The maximum absolute atomic E-state index is 13.9. The number of nitrogens with one attached hydrogen (secondary N) is 1. The number of nitrogens with zero attached hydrogens (tertiary/aromatic N) is 1. The van der Waals surface area contributed by atoms with Crippen molar-refractivity contribution in [1.82, 2.24) is 9.88 Å². The van der Waals surface area contributed by atoms with Gasteiger partial charge in [0.2, 0.25) is 5.91 Å². The Kier molecular flexibility index (Phi) is 6.32. The molecular formula is C34H32N2O6S. The van der Waals surface area contributed by atoms with Crippen molar-refractivity contribution < 1.29 is 29.2 Å². The number of carbonyl (C=O) groups excluding carboxylic acids is 1. The highest BCUT2D eigenvalue weighted by Crippen LogP contribution is 2.71. The molecule has 0 unspecified atom stereocenters. The molecule has 1 aliphatic carbocycles. The number of carbonyl (C=O) groups is 1. The minimum Gasteiger partial charge on any atom is -0.496 e. The fraction of sp³-hybridized carbons (Fsp3) is 0.265. The van der Waals surface area contributed by atoms with Gasteiger partial charge in [0.1, 0.15) is 23.4 Å². The average molecular weight is 597 g/mol. The standard InChI is InChI=1S/C34H32N2O6S/c1-36(2)32(38)28-29(19-8-6-5-7-9-19)34(27-13-12-26(43-27)21-10-11-23-20(16-21)14-15-35-23)33(39,31(28)37)30-24(41-4)17-22(40-3)18-25(30)42-34/h5-18,28-29,31,35,37,39H,1-4H3/t28-,29-,31-,33+,34+/m1/s1. The van der Waals surface area contributed by atoms with E-state index < -0.39 is 29.1 Å². The van der Waals surface area contributed by atoms with Crippen LogP contribution in [0.5, 0.6) is 17.2 Å². The summed E-state index contributed by atoms with van der Waals surface area (Å²) in [6.07, 6.45) is 0.378. The first-order chi connectivity index (χ1) is 20.7. The molecule has 1 fully saturated rings. The number of aromatic nitrogens is 1. The van der Waals surface area contributed by atoms with Gasteiger partial charge in [-0.05, 0) is 46.8 Å². The lowest BCUT2D eigenvalue weighted by Crippen LogP contribution is -2.51. The van der Waals surface area contributed by atoms with Crippen LogP contribution in [0, 0.1) is 5.92 Å². The molecule has 5 atom stereocenters. The van der Waals surface area contributed by atoms with Crippen molar-refractivity contribution in [3.8, 4) is 27.7 Å². The molecule has 3 heterocycles. The summed E-state index contributed by atoms with van der Waals surface area (Å²) in [6, 6.07) is 25.0. The second-order valence-corrected chi connectivity index (χ2v) is 12.4. The highest BCUT2D eigenvalue weighted by Gasteiger charge is 2.78. The van der Waals surface area contributed by atoms with E-state index in [1.54, 1.807) is 33.3 Å². The largest absolute Gasteiger partial charge is 0.496 e. The van der Waals surface area contributed by atoms with Gasteiger partial charge in [0.15, 0.2) is 11.2 Å². The number of hydrogen-bond acceptors (Lipinski definition) is 7. The van der Waals surface area contributed by atoms with Crippen LogP contribution in [0.4, 0.5) is 0 Å². The molecular weight excluding hydrogens is 564 g/mol. The van der Waals surface area contributed by atoms with Crippen molar-refractivity contribution in [3.63, 3.8) is 0 Å². The van der Waals surface area contributed by atoms with Crippen LogP contribution in [0.15, 0.2) is 85.1 Å². The average Bonchev–Trinajstić information content (AvgIpc) is 3.79. The number of aliphatic hydroxyl groups is 2. The Morgan fingerprint density at radius 3 is 2.51 bits per heavy atom. The van der Waals surface area contributed by atoms with Crippen molar-refractivity contribution in [3.05, 3.63) is 101 Å². The third-order valence-corrected chi connectivity index (χ3v) is 10.2. The molecule has 7 rings (SSSR count). The summed E-state index contributed by atoms with van der Waals surface area (Å²) in [5.74, 6) is -0.978. The Morgan fingerprint density at radius 1 is 1.00 bits per heavy atom. The Hall–Kier alpha value is -4.31. The quantitative estimate of drug-likeness (QED) is 0.247. The van der Waals surface area contributed by atoms with Crippen molar-refractivity contribution in [1.29, 1.82) is 0 Å². The minimum atomic E-state index is -2.05. The van der Waals surface area contributed by atoms with Crippen LogP contribution in [-0.2, 0) is 16.0 Å². The number of H-pyrrole nitrogens is 1.